The van der Waals surface area contributed by atoms with Crippen molar-refractivity contribution in [2.45, 2.75) is 24.2 Å². The summed E-state index contributed by atoms with van der Waals surface area (Å²) in [6.07, 6.45) is 2.11. The van der Waals surface area contributed by atoms with Crippen LogP contribution in [0.4, 0.5) is 5.69 Å². The quantitative estimate of drug-likeness (QED) is 0.480. The number of nitrogens with one attached hydrogen (secondary N) is 2. The predicted molar refractivity (Wildman–Crippen MR) is 103 cm³/mol. The van der Waals surface area contributed by atoms with Crippen LogP contribution in [0.15, 0.2) is 29.2 Å². The molecule has 27 heavy (non-hydrogen) atoms. The van der Waals surface area contributed by atoms with Crippen LogP contribution in [0, 0.1) is 16.0 Å². The Bertz CT molecular complexity index is 740. The Balaban J connectivity index is 0.00000364. The molecule has 0 saturated carbocycles. The average molecular weight is 421 g/mol. The van der Waals surface area contributed by atoms with E-state index >= 15 is 0 Å². The Hall–Kier alpha value is -1.75. The molecule has 1 aliphatic rings. The van der Waals surface area contributed by atoms with E-state index in [2.05, 4.69) is 10.0 Å². The van der Waals surface area contributed by atoms with E-state index in [1.54, 1.807) is 4.90 Å². The molecular weight excluding hydrogens is 396 g/mol. The van der Waals surface area contributed by atoms with Crippen LogP contribution in [0.5, 0.6) is 0 Å². The van der Waals surface area contributed by atoms with Gasteiger partial charge in [0.2, 0.25) is 15.9 Å². The third-order valence-electron chi connectivity index (χ3n) is 4.35. The van der Waals surface area contributed by atoms with E-state index in [4.69, 9.17) is 0 Å². The van der Waals surface area contributed by atoms with E-state index in [0.29, 0.717) is 19.0 Å². The number of amides is 1. The van der Waals surface area contributed by atoms with Crippen molar-refractivity contribution in [1.29, 1.82) is 0 Å². The molecule has 1 heterocycles. The summed E-state index contributed by atoms with van der Waals surface area (Å²) < 4.78 is 26.8. The molecule has 1 amide bonds. The molecule has 0 spiro atoms. The van der Waals surface area contributed by atoms with Crippen molar-refractivity contribution in [1.82, 2.24) is 14.9 Å². The second kappa shape index (κ2) is 10.5. The average Bonchev–Trinajstić information content (AvgIpc) is 2.62. The van der Waals surface area contributed by atoms with Gasteiger partial charge in [-0.3, -0.25) is 14.9 Å². The highest BCUT2D eigenvalue weighted by Gasteiger charge is 2.23. The van der Waals surface area contributed by atoms with Crippen molar-refractivity contribution in [3.05, 3.63) is 34.4 Å². The highest BCUT2D eigenvalue weighted by molar-refractivity contribution is 7.89. The number of piperidine rings is 1. The SMILES string of the molecule is CNCC1CCCN(C(=O)CCNS(=O)(=O)c2ccc([N+](=O)[O-])cc2)C1.Cl. The number of hydrogen-bond donors (Lipinski definition) is 2. The van der Waals surface area contributed by atoms with Crippen LogP contribution in [0.2, 0.25) is 0 Å². The van der Waals surface area contributed by atoms with Gasteiger partial charge in [-0.2, -0.15) is 0 Å². The molecule has 152 valence electrons. The zero-order chi connectivity index (χ0) is 19.2. The van der Waals surface area contributed by atoms with E-state index in [1.165, 1.54) is 12.1 Å². The van der Waals surface area contributed by atoms with Crippen molar-refractivity contribution >= 4 is 34.0 Å². The fourth-order valence-corrected chi connectivity index (χ4v) is 4.06. The Morgan fingerprint density at radius 1 is 1.33 bits per heavy atom. The van der Waals surface area contributed by atoms with Gasteiger partial charge in [-0.1, -0.05) is 0 Å². The lowest BCUT2D eigenvalue weighted by Gasteiger charge is -2.32. The minimum Gasteiger partial charge on any atom is -0.342 e. The fraction of sp³-hybridized carbons (Fsp3) is 0.562. The van der Waals surface area contributed by atoms with Gasteiger partial charge in [0.05, 0.1) is 9.82 Å². The largest absolute Gasteiger partial charge is 0.342 e. The molecule has 1 aliphatic heterocycles. The van der Waals surface area contributed by atoms with Gasteiger partial charge in [-0.25, -0.2) is 13.1 Å². The number of carbonyl (C=O) groups excluding carboxylic acids is 1. The number of rotatable bonds is 8. The first-order valence-corrected chi connectivity index (χ1v) is 9.98. The maximum absolute atomic E-state index is 12.3. The lowest BCUT2D eigenvalue weighted by molar-refractivity contribution is -0.384. The van der Waals surface area contributed by atoms with Crippen LogP contribution in [0.3, 0.4) is 0 Å². The van der Waals surface area contributed by atoms with Gasteiger partial charge in [0, 0.05) is 38.2 Å². The van der Waals surface area contributed by atoms with E-state index in [0.717, 1.165) is 31.5 Å². The molecule has 0 aromatic heterocycles. The number of nitro benzene ring substituents is 1. The second-order valence-electron chi connectivity index (χ2n) is 6.30. The highest BCUT2D eigenvalue weighted by atomic mass is 35.5. The molecule has 1 atom stereocenters. The minimum absolute atomic E-state index is 0. The summed E-state index contributed by atoms with van der Waals surface area (Å²) in [7, 11) is -1.92. The number of nitro groups is 1. The normalized spacial score (nSPS) is 17.2. The van der Waals surface area contributed by atoms with E-state index in [1.807, 2.05) is 7.05 Å². The molecule has 0 radical (unpaired) electrons. The number of nitrogens with zero attached hydrogens (tertiary/aromatic N) is 2. The van der Waals surface area contributed by atoms with E-state index in [-0.39, 0.29) is 41.9 Å². The van der Waals surface area contributed by atoms with Crippen molar-refractivity contribution in [3.8, 4) is 0 Å². The third kappa shape index (κ3) is 6.73. The number of carbonyl (C=O) groups is 1. The van der Waals surface area contributed by atoms with Crippen LogP contribution >= 0.6 is 12.4 Å². The van der Waals surface area contributed by atoms with E-state index in [9.17, 15) is 23.3 Å². The summed E-state index contributed by atoms with van der Waals surface area (Å²) in [6.45, 7) is 2.24. The summed E-state index contributed by atoms with van der Waals surface area (Å²) in [5.74, 6) is 0.353. The Labute approximate surface area is 165 Å². The molecule has 0 bridgehead atoms. The van der Waals surface area contributed by atoms with Crippen molar-refractivity contribution in [2.75, 3.05) is 33.2 Å². The van der Waals surface area contributed by atoms with E-state index < -0.39 is 14.9 Å². The van der Waals surface area contributed by atoms with Gasteiger partial charge < -0.3 is 10.2 Å². The maximum atomic E-state index is 12.3. The molecule has 1 aromatic rings. The lowest BCUT2D eigenvalue weighted by atomic mass is 9.98. The monoisotopic (exact) mass is 420 g/mol. The van der Waals surface area contributed by atoms with Gasteiger partial charge in [0.25, 0.3) is 5.69 Å². The first-order chi connectivity index (χ1) is 12.3. The topological polar surface area (TPSA) is 122 Å². The molecule has 0 aliphatic carbocycles. The van der Waals surface area contributed by atoms with Gasteiger partial charge >= 0.3 is 0 Å². The summed E-state index contributed by atoms with van der Waals surface area (Å²) >= 11 is 0. The van der Waals surface area contributed by atoms with Crippen molar-refractivity contribution in [3.63, 3.8) is 0 Å². The molecule has 1 unspecified atom stereocenters. The third-order valence-corrected chi connectivity index (χ3v) is 5.83. The van der Waals surface area contributed by atoms with Crippen LogP contribution in [0.25, 0.3) is 0 Å². The molecule has 9 nitrogen and oxygen atoms in total. The van der Waals surface area contributed by atoms with Crippen LogP contribution in [-0.4, -0.2) is 57.4 Å². The zero-order valence-corrected chi connectivity index (χ0v) is 16.7. The number of benzene rings is 1. The molecule has 2 N–H and O–H groups in total. The molecule has 1 aromatic carbocycles. The molecule has 2 rings (SSSR count). The van der Waals surface area contributed by atoms with Crippen LogP contribution in [0.1, 0.15) is 19.3 Å². The summed E-state index contributed by atoms with van der Waals surface area (Å²) in [5.41, 5.74) is -0.180. The smallest absolute Gasteiger partial charge is 0.269 e. The number of sulfonamides is 1. The zero-order valence-electron chi connectivity index (χ0n) is 15.1. The van der Waals surface area contributed by atoms with Gasteiger partial charge in [-0.05, 0) is 44.5 Å². The molecule has 11 heteroatoms. The second-order valence-corrected chi connectivity index (χ2v) is 8.07. The predicted octanol–water partition coefficient (Wildman–Crippen LogP) is 1.14. The number of likely N-dealkylation sites (tertiary alicyclic amines) is 1. The highest BCUT2D eigenvalue weighted by Crippen LogP contribution is 2.17. The molecule has 1 saturated heterocycles. The van der Waals surface area contributed by atoms with Crippen molar-refractivity contribution in [2.24, 2.45) is 5.92 Å². The Morgan fingerprint density at radius 3 is 2.59 bits per heavy atom. The first-order valence-electron chi connectivity index (χ1n) is 8.50. The number of halogens is 1. The molecule has 1 fully saturated rings. The summed E-state index contributed by atoms with van der Waals surface area (Å²) in [5, 5.41) is 13.7. The van der Waals surface area contributed by atoms with Crippen LogP contribution in [-0.2, 0) is 14.8 Å². The van der Waals surface area contributed by atoms with Crippen LogP contribution < -0.4 is 10.0 Å². The summed E-state index contributed by atoms with van der Waals surface area (Å²) in [6, 6.07) is 4.62. The number of non-ortho nitro benzene ring substituents is 1. The first kappa shape index (κ1) is 23.3. The van der Waals surface area contributed by atoms with Gasteiger partial charge in [0.1, 0.15) is 0 Å². The minimum atomic E-state index is -3.80. The van der Waals surface area contributed by atoms with Crippen molar-refractivity contribution < 1.29 is 18.1 Å². The Morgan fingerprint density at radius 2 is 2.00 bits per heavy atom. The molecular formula is C16H25ClN4O5S. The standard InChI is InChI=1S/C16H24N4O5S.ClH/c1-17-11-13-3-2-10-19(12-13)16(21)8-9-18-26(24,25)15-6-4-14(5-7-15)20(22)23;/h4-7,13,17-18H,2-3,8-12H2,1H3;1H. The Kier molecular flexibility index (Phi) is 9.10. The maximum Gasteiger partial charge on any atom is 0.269 e. The van der Waals surface area contributed by atoms with Gasteiger partial charge in [-0.15, -0.1) is 12.4 Å². The van der Waals surface area contributed by atoms with Gasteiger partial charge in [0.15, 0.2) is 0 Å². The fourth-order valence-electron chi connectivity index (χ4n) is 3.03. The number of hydrogen-bond acceptors (Lipinski definition) is 6. The summed E-state index contributed by atoms with van der Waals surface area (Å²) in [4.78, 5) is 24.0. The lowest BCUT2D eigenvalue weighted by Crippen LogP contribution is -2.43.